The average Bonchev–Trinajstić information content (AvgIpc) is 2.53. The monoisotopic (exact) mass is 314 g/mol. The van der Waals surface area contributed by atoms with E-state index < -0.39 is 5.97 Å². The molecule has 0 spiro atoms. The molecule has 5 heteroatoms. The van der Waals surface area contributed by atoms with Gasteiger partial charge in [-0.05, 0) is 32.1 Å². The lowest BCUT2D eigenvalue weighted by Crippen LogP contribution is -2.27. The van der Waals surface area contributed by atoms with Gasteiger partial charge in [-0.25, -0.2) is 0 Å². The third-order valence-corrected chi connectivity index (χ3v) is 4.27. The predicted molar refractivity (Wildman–Crippen MR) is 83.6 cm³/mol. The summed E-state index contributed by atoms with van der Waals surface area (Å²) in [6, 6.07) is 0. The number of carboxylic acids is 1. The Morgan fingerprint density at radius 3 is 2.18 bits per heavy atom. The molecule has 1 fully saturated rings. The van der Waals surface area contributed by atoms with Crippen molar-refractivity contribution in [2.24, 2.45) is 11.8 Å². The molecule has 0 aromatic heterocycles. The maximum Gasteiger partial charge on any atom is 0.309 e. The Morgan fingerprint density at radius 2 is 1.55 bits per heavy atom. The normalized spacial score (nSPS) is 21.5. The molecular weight excluding hydrogens is 284 g/mol. The van der Waals surface area contributed by atoms with Gasteiger partial charge >= 0.3 is 11.9 Å². The third kappa shape index (κ3) is 7.78. The zero-order valence-electron chi connectivity index (χ0n) is 13.7. The van der Waals surface area contributed by atoms with E-state index in [1.807, 2.05) is 0 Å². The van der Waals surface area contributed by atoms with Crippen LogP contribution in [-0.4, -0.2) is 36.9 Å². The molecule has 0 radical (unpaired) electrons. The fourth-order valence-corrected chi connectivity index (χ4v) is 2.80. The largest absolute Gasteiger partial charge is 0.481 e. The first-order valence-corrected chi connectivity index (χ1v) is 8.62. The Morgan fingerprint density at radius 1 is 0.909 bits per heavy atom. The topological polar surface area (TPSA) is 72.8 Å². The van der Waals surface area contributed by atoms with E-state index in [1.54, 1.807) is 0 Å². The summed E-state index contributed by atoms with van der Waals surface area (Å²) in [5, 5.41) is 8.92. The van der Waals surface area contributed by atoms with Gasteiger partial charge in [0.05, 0.1) is 18.4 Å². The number of esters is 1. The molecule has 0 aromatic carbocycles. The summed E-state index contributed by atoms with van der Waals surface area (Å²) < 4.78 is 10.7. The summed E-state index contributed by atoms with van der Waals surface area (Å²) in [6.07, 6.45) is 8.42. The van der Waals surface area contributed by atoms with Crippen LogP contribution in [0.5, 0.6) is 0 Å². The van der Waals surface area contributed by atoms with Crippen LogP contribution in [0.4, 0.5) is 0 Å². The predicted octanol–water partition coefficient (Wildman–Crippen LogP) is 3.41. The fourth-order valence-electron chi connectivity index (χ4n) is 2.80. The fraction of sp³-hybridized carbons (Fsp3) is 0.882. The summed E-state index contributed by atoms with van der Waals surface area (Å²) in [7, 11) is 0. The Kier molecular flexibility index (Phi) is 9.87. The molecule has 1 aliphatic carbocycles. The Hall–Kier alpha value is -1.10. The molecule has 0 aromatic rings. The second-order valence-corrected chi connectivity index (χ2v) is 6.08. The van der Waals surface area contributed by atoms with Crippen molar-refractivity contribution in [3.63, 3.8) is 0 Å². The second kappa shape index (κ2) is 11.5. The summed E-state index contributed by atoms with van der Waals surface area (Å²) >= 11 is 0. The Balaban J connectivity index is 1.97. The standard InChI is InChI=1S/C17H30O5/c1-2-3-4-5-6-11-21-12-13-22-17(20)15-9-7-14(8-10-15)16(18)19/h14-15H,2-13H2,1H3,(H,18,19). The third-order valence-electron chi connectivity index (χ3n) is 4.27. The molecule has 22 heavy (non-hydrogen) atoms. The van der Waals surface area contributed by atoms with Gasteiger partial charge in [0.2, 0.25) is 0 Å². The minimum Gasteiger partial charge on any atom is -0.481 e. The minimum atomic E-state index is -0.751. The molecule has 1 rings (SSSR count). The highest BCUT2D eigenvalue weighted by Gasteiger charge is 2.30. The molecule has 1 aliphatic rings. The molecule has 0 heterocycles. The first-order chi connectivity index (χ1) is 10.6. The molecule has 0 aliphatic heterocycles. The molecule has 0 saturated heterocycles. The highest BCUT2D eigenvalue weighted by molar-refractivity contribution is 5.74. The Bertz CT molecular complexity index is 321. The number of carbonyl (C=O) groups excluding carboxylic acids is 1. The number of aliphatic carboxylic acids is 1. The number of carboxylic acid groups (broad SMARTS) is 1. The van der Waals surface area contributed by atoms with Crippen molar-refractivity contribution in [1.29, 1.82) is 0 Å². The van der Waals surface area contributed by atoms with Crippen LogP contribution >= 0.6 is 0 Å². The van der Waals surface area contributed by atoms with E-state index in [4.69, 9.17) is 14.6 Å². The van der Waals surface area contributed by atoms with Crippen molar-refractivity contribution in [2.45, 2.75) is 64.7 Å². The lowest BCUT2D eigenvalue weighted by Gasteiger charge is -2.24. The smallest absolute Gasteiger partial charge is 0.309 e. The number of carbonyl (C=O) groups is 2. The number of ether oxygens (including phenoxy) is 2. The summed E-state index contributed by atoms with van der Waals surface area (Å²) in [6.45, 7) is 3.67. The zero-order valence-corrected chi connectivity index (χ0v) is 13.7. The van der Waals surface area contributed by atoms with E-state index in [0.29, 0.717) is 38.9 Å². The summed E-state index contributed by atoms with van der Waals surface area (Å²) in [4.78, 5) is 22.7. The van der Waals surface area contributed by atoms with Crippen LogP contribution in [0, 0.1) is 11.8 Å². The van der Waals surface area contributed by atoms with Crippen LogP contribution in [0.15, 0.2) is 0 Å². The molecule has 0 atom stereocenters. The van der Waals surface area contributed by atoms with E-state index in [2.05, 4.69) is 6.92 Å². The first kappa shape index (κ1) is 18.9. The second-order valence-electron chi connectivity index (χ2n) is 6.08. The van der Waals surface area contributed by atoms with Gasteiger partial charge in [0, 0.05) is 6.61 Å². The van der Waals surface area contributed by atoms with Crippen molar-refractivity contribution < 1.29 is 24.2 Å². The molecule has 0 bridgehead atoms. The highest BCUT2D eigenvalue weighted by Crippen LogP contribution is 2.29. The van der Waals surface area contributed by atoms with Gasteiger partial charge in [-0.1, -0.05) is 32.6 Å². The van der Waals surface area contributed by atoms with Crippen molar-refractivity contribution in [1.82, 2.24) is 0 Å². The molecule has 0 amide bonds. The van der Waals surface area contributed by atoms with Gasteiger partial charge in [0.1, 0.15) is 6.61 Å². The molecule has 0 unspecified atom stereocenters. The van der Waals surface area contributed by atoms with Crippen molar-refractivity contribution >= 4 is 11.9 Å². The van der Waals surface area contributed by atoms with Gasteiger partial charge in [-0.2, -0.15) is 0 Å². The summed E-state index contributed by atoms with van der Waals surface area (Å²) in [5.74, 6) is -1.38. The van der Waals surface area contributed by atoms with E-state index in [1.165, 1.54) is 25.7 Å². The van der Waals surface area contributed by atoms with Crippen LogP contribution in [0.2, 0.25) is 0 Å². The number of hydrogen-bond donors (Lipinski definition) is 1. The number of unbranched alkanes of at least 4 members (excludes halogenated alkanes) is 4. The molecule has 1 N–H and O–H groups in total. The van der Waals surface area contributed by atoms with Crippen molar-refractivity contribution in [2.75, 3.05) is 19.8 Å². The zero-order chi connectivity index (χ0) is 16.2. The van der Waals surface area contributed by atoms with Gasteiger partial charge in [-0.15, -0.1) is 0 Å². The van der Waals surface area contributed by atoms with Crippen LogP contribution < -0.4 is 0 Å². The van der Waals surface area contributed by atoms with Gasteiger partial charge in [0.15, 0.2) is 0 Å². The van der Waals surface area contributed by atoms with Crippen LogP contribution in [0.1, 0.15) is 64.7 Å². The minimum absolute atomic E-state index is 0.135. The number of hydrogen-bond acceptors (Lipinski definition) is 4. The van der Waals surface area contributed by atoms with Crippen LogP contribution in [0.3, 0.4) is 0 Å². The van der Waals surface area contributed by atoms with E-state index >= 15 is 0 Å². The van der Waals surface area contributed by atoms with Gasteiger partial charge in [-0.3, -0.25) is 9.59 Å². The van der Waals surface area contributed by atoms with Gasteiger partial charge < -0.3 is 14.6 Å². The van der Waals surface area contributed by atoms with Gasteiger partial charge in [0.25, 0.3) is 0 Å². The molecular formula is C17H30O5. The molecule has 128 valence electrons. The van der Waals surface area contributed by atoms with Crippen molar-refractivity contribution in [3.8, 4) is 0 Å². The van der Waals surface area contributed by atoms with Crippen LogP contribution in [-0.2, 0) is 19.1 Å². The van der Waals surface area contributed by atoms with Crippen molar-refractivity contribution in [3.05, 3.63) is 0 Å². The van der Waals surface area contributed by atoms with E-state index in [9.17, 15) is 9.59 Å². The first-order valence-electron chi connectivity index (χ1n) is 8.62. The highest BCUT2D eigenvalue weighted by atomic mass is 16.6. The maximum atomic E-state index is 11.9. The quantitative estimate of drug-likeness (QED) is 0.467. The maximum absolute atomic E-state index is 11.9. The van der Waals surface area contributed by atoms with Crippen LogP contribution in [0.25, 0.3) is 0 Å². The SMILES string of the molecule is CCCCCCCOCCOC(=O)C1CCC(C(=O)O)CC1. The lowest BCUT2D eigenvalue weighted by molar-refractivity contribution is -0.153. The Labute approximate surface area is 133 Å². The van der Waals surface area contributed by atoms with E-state index in [-0.39, 0.29) is 17.8 Å². The lowest BCUT2D eigenvalue weighted by atomic mass is 9.82. The average molecular weight is 314 g/mol. The van der Waals surface area contributed by atoms with E-state index in [0.717, 1.165) is 13.0 Å². The number of rotatable bonds is 11. The molecule has 5 nitrogen and oxygen atoms in total. The summed E-state index contributed by atoms with van der Waals surface area (Å²) in [5.41, 5.74) is 0. The molecule has 1 saturated carbocycles.